The normalized spacial score (nSPS) is 9.75. The minimum absolute atomic E-state index is 0.228. The van der Waals surface area contributed by atoms with Crippen LogP contribution in [-0.2, 0) is 6.54 Å². The average molecular weight is 212 g/mol. The molecule has 0 bridgehead atoms. The minimum Gasteiger partial charge on any atom is -0.356 e. The maximum Gasteiger partial charge on any atom is 0.106 e. The summed E-state index contributed by atoms with van der Waals surface area (Å²) in [6.45, 7) is 0.228. The highest BCUT2D eigenvalue weighted by molar-refractivity contribution is 5.59. The first kappa shape index (κ1) is 10.4. The van der Waals surface area contributed by atoms with Crippen molar-refractivity contribution in [2.75, 3.05) is 5.32 Å². The highest BCUT2D eigenvalue weighted by Gasteiger charge is 1.95. The van der Waals surface area contributed by atoms with Crippen LogP contribution in [0.4, 0.5) is 11.4 Å². The molecule has 0 saturated carbocycles. The molecule has 0 aliphatic heterocycles. The molecule has 0 spiro atoms. The number of rotatable bonds is 4. The van der Waals surface area contributed by atoms with Crippen LogP contribution in [0.1, 0.15) is 5.56 Å². The lowest BCUT2D eigenvalue weighted by Gasteiger charge is -2.06. The number of nitrogens with one attached hydrogen (secondary N) is 1. The number of nitrogens with zero attached hydrogens (tertiary/aromatic N) is 1. The fourth-order valence-electron chi connectivity index (χ4n) is 1.46. The van der Waals surface area contributed by atoms with Crippen molar-refractivity contribution in [3.05, 3.63) is 65.1 Å². The summed E-state index contributed by atoms with van der Waals surface area (Å²) in [5.74, 6) is 0. The fourth-order valence-corrected chi connectivity index (χ4v) is 1.46. The topological polar surface area (TPSA) is 41.5 Å². The Morgan fingerprint density at radius 1 is 0.875 bits per heavy atom. The minimum atomic E-state index is 0.228. The number of hydrogen-bond donors (Lipinski definition) is 1. The molecule has 2 aromatic rings. The van der Waals surface area contributed by atoms with Crippen molar-refractivity contribution in [1.29, 1.82) is 0 Å². The summed E-state index contributed by atoms with van der Waals surface area (Å²) < 4.78 is 0. The number of benzene rings is 2. The van der Waals surface area contributed by atoms with E-state index in [4.69, 9.17) is 0 Å². The molecule has 1 N–H and O–H groups in total. The lowest BCUT2D eigenvalue weighted by atomic mass is 10.2. The molecule has 0 aliphatic carbocycles. The third kappa shape index (κ3) is 2.67. The molecule has 0 fully saturated rings. The van der Waals surface area contributed by atoms with E-state index < -0.39 is 0 Å². The van der Waals surface area contributed by atoms with Gasteiger partial charge < -0.3 is 5.32 Å². The molecule has 80 valence electrons. The summed E-state index contributed by atoms with van der Waals surface area (Å²) in [6, 6.07) is 17.6. The molecule has 2 aromatic carbocycles. The Labute approximate surface area is 94.1 Å². The third-order valence-electron chi connectivity index (χ3n) is 2.26. The van der Waals surface area contributed by atoms with Crippen LogP contribution in [0, 0.1) is 4.91 Å². The van der Waals surface area contributed by atoms with Crippen molar-refractivity contribution < 1.29 is 0 Å². The SMILES string of the molecule is O=NCc1ccc(Nc2ccccc2)cc1. The van der Waals surface area contributed by atoms with Gasteiger partial charge in [0.1, 0.15) is 6.54 Å². The third-order valence-corrected chi connectivity index (χ3v) is 2.26. The molecule has 2 rings (SSSR count). The van der Waals surface area contributed by atoms with E-state index in [-0.39, 0.29) is 6.54 Å². The van der Waals surface area contributed by atoms with E-state index in [0.717, 1.165) is 16.9 Å². The molecule has 0 aliphatic rings. The summed E-state index contributed by atoms with van der Waals surface area (Å²) in [5, 5.41) is 6.11. The lowest BCUT2D eigenvalue weighted by molar-refractivity contribution is 1.06. The summed E-state index contributed by atoms with van der Waals surface area (Å²) in [7, 11) is 0. The van der Waals surface area contributed by atoms with Gasteiger partial charge in [-0.3, -0.25) is 0 Å². The fraction of sp³-hybridized carbons (Fsp3) is 0.0769. The van der Waals surface area contributed by atoms with Crippen LogP contribution in [0.15, 0.2) is 59.8 Å². The van der Waals surface area contributed by atoms with Gasteiger partial charge >= 0.3 is 0 Å². The summed E-state index contributed by atoms with van der Waals surface area (Å²) in [5.41, 5.74) is 2.97. The van der Waals surface area contributed by atoms with Crippen LogP contribution in [0.3, 0.4) is 0 Å². The van der Waals surface area contributed by atoms with Crippen molar-refractivity contribution >= 4 is 11.4 Å². The van der Waals surface area contributed by atoms with Gasteiger partial charge in [-0.1, -0.05) is 35.5 Å². The van der Waals surface area contributed by atoms with Crippen molar-refractivity contribution in [3.63, 3.8) is 0 Å². The lowest BCUT2D eigenvalue weighted by Crippen LogP contribution is -1.89. The Morgan fingerprint density at radius 3 is 2.12 bits per heavy atom. The van der Waals surface area contributed by atoms with Crippen LogP contribution in [-0.4, -0.2) is 0 Å². The Kier molecular flexibility index (Phi) is 3.28. The molecule has 3 heteroatoms. The first-order valence-electron chi connectivity index (χ1n) is 5.08. The summed E-state index contributed by atoms with van der Waals surface area (Å²) >= 11 is 0. The highest BCUT2D eigenvalue weighted by Crippen LogP contribution is 2.16. The summed E-state index contributed by atoms with van der Waals surface area (Å²) in [4.78, 5) is 10.1. The first-order valence-corrected chi connectivity index (χ1v) is 5.08. The monoisotopic (exact) mass is 212 g/mol. The molecular formula is C13H12N2O. The molecule has 0 amide bonds. The zero-order valence-electron chi connectivity index (χ0n) is 8.76. The Balaban J connectivity index is 2.08. The van der Waals surface area contributed by atoms with E-state index in [1.165, 1.54) is 0 Å². The van der Waals surface area contributed by atoms with Gasteiger partial charge in [0.25, 0.3) is 0 Å². The molecule has 0 radical (unpaired) electrons. The second kappa shape index (κ2) is 5.07. The summed E-state index contributed by atoms with van der Waals surface area (Å²) in [6.07, 6.45) is 0. The second-order valence-electron chi connectivity index (χ2n) is 3.48. The first-order chi connectivity index (χ1) is 7.88. The van der Waals surface area contributed by atoms with Crippen molar-refractivity contribution in [1.82, 2.24) is 0 Å². The van der Waals surface area contributed by atoms with E-state index >= 15 is 0 Å². The van der Waals surface area contributed by atoms with Gasteiger partial charge in [0.05, 0.1) is 0 Å². The van der Waals surface area contributed by atoms with Crippen LogP contribution in [0.25, 0.3) is 0 Å². The molecular weight excluding hydrogens is 200 g/mol. The van der Waals surface area contributed by atoms with Crippen LogP contribution < -0.4 is 5.32 Å². The predicted octanol–water partition coefficient (Wildman–Crippen LogP) is 3.70. The maximum absolute atomic E-state index is 10.1. The van der Waals surface area contributed by atoms with Gasteiger partial charge in [0.15, 0.2) is 0 Å². The molecule has 0 atom stereocenters. The number of anilines is 2. The molecule has 0 aromatic heterocycles. The molecule has 16 heavy (non-hydrogen) atoms. The van der Waals surface area contributed by atoms with Gasteiger partial charge in [0, 0.05) is 11.4 Å². The van der Waals surface area contributed by atoms with Gasteiger partial charge in [-0.2, -0.15) is 4.91 Å². The van der Waals surface area contributed by atoms with Crippen molar-refractivity contribution in [3.8, 4) is 0 Å². The van der Waals surface area contributed by atoms with Gasteiger partial charge in [-0.15, -0.1) is 0 Å². The van der Waals surface area contributed by atoms with E-state index in [0.29, 0.717) is 0 Å². The van der Waals surface area contributed by atoms with E-state index in [2.05, 4.69) is 10.5 Å². The van der Waals surface area contributed by atoms with Crippen LogP contribution in [0.5, 0.6) is 0 Å². The molecule has 3 nitrogen and oxygen atoms in total. The number of para-hydroxylation sites is 1. The number of hydrogen-bond acceptors (Lipinski definition) is 3. The second-order valence-corrected chi connectivity index (χ2v) is 3.48. The van der Waals surface area contributed by atoms with Crippen LogP contribution >= 0.6 is 0 Å². The van der Waals surface area contributed by atoms with Crippen molar-refractivity contribution in [2.24, 2.45) is 5.18 Å². The molecule has 0 unspecified atom stereocenters. The van der Waals surface area contributed by atoms with Crippen LogP contribution in [0.2, 0.25) is 0 Å². The zero-order chi connectivity index (χ0) is 11.2. The highest BCUT2D eigenvalue weighted by atomic mass is 16.3. The standard InChI is InChI=1S/C13H12N2O/c16-14-10-11-6-8-13(9-7-11)15-12-4-2-1-3-5-12/h1-9,15H,10H2. The zero-order valence-corrected chi connectivity index (χ0v) is 8.76. The van der Waals surface area contributed by atoms with E-state index in [1.54, 1.807) is 0 Å². The largest absolute Gasteiger partial charge is 0.356 e. The predicted molar refractivity (Wildman–Crippen MR) is 65.7 cm³/mol. The smallest absolute Gasteiger partial charge is 0.106 e. The quantitative estimate of drug-likeness (QED) is 0.785. The Hall–Kier alpha value is -2.16. The maximum atomic E-state index is 10.1. The Bertz CT molecular complexity index is 451. The molecule has 0 heterocycles. The van der Waals surface area contributed by atoms with E-state index in [9.17, 15) is 4.91 Å². The molecule has 0 saturated heterocycles. The Morgan fingerprint density at radius 2 is 1.50 bits per heavy atom. The van der Waals surface area contributed by atoms with Crippen molar-refractivity contribution in [2.45, 2.75) is 6.54 Å². The van der Waals surface area contributed by atoms with Gasteiger partial charge in [-0.05, 0) is 29.8 Å². The average Bonchev–Trinajstić information content (AvgIpc) is 2.33. The van der Waals surface area contributed by atoms with Gasteiger partial charge in [0.2, 0.25) is 0 Å². The van der Waals surface area contributed by atoms with Gasteiger partial charge in [-0.25, -0.2) is 0 Å². The number of nitroso groups, excluding NO2 is 1. The van der Waals surface area contributed by atoms with E-state index in [1.807, 2.05) is 54.6 Å².